The second kappa shape index (κ2) is 7.26. The van der Waals surface area contributed by atoms with Gasteiger partial charge >= 0.3 is 45.5 Å². The van der Waals surface area contributed by atoms with E-state index < -0.39 is 11.9 Å². The van der Waals surface area contributed by atoms with Crippen molar-refractivity contribution in [2.75, 3.05) is 0 Å². The van der Waals surface area contributed by atoms with Gasteiger partial charge in [-0.1, -0.05) is 6.07 Å². The van der Waals surface area contributed by atoms with Gasteiger partial charge in [0.05, 0.1) is 5.69 Å². The summed E-state index contributed by atoms with van der Waals surface area (Å²) in [5.41, 5.74) is -0.282. The molecule has 2 heterocycles. The van der Waals surface area contributed by atoms with Gasteiger partial charge < -0.3 is 0 Å². The van der Waals surface area contributed by atoms with E-state index in [4.69, 9.17) is 0 Å². The number of alkyl halides is 3. The number of rotatable bonds is 1. The third kappa shape index (κ3) is 4.70. The SMILES string of the molecule is FC(F)(F)c1cc(-c2ccccn2)n[nH]1.[Br][Ni][Br]. The number of halogens is 5. The van der Waals surface area contributed by atoms with Gasteiger partial charge in [-0.2, -0.15) is 18.3 Å². The Morgan fingerprint density at radius 1 is 1.17 bits per heavy atom. The van der Waals surface area contributed by atoms with Crippen LogP contribution in [0.2, 0.25) is 0 Å². The Bertz CT molecular complexity index is 475. The molecule has 2 rings (SSSR count). The maximum atomic E-state index is 12.2. The number of aromatic nitrogens is 3. The van der Waals surface area contributed by atoms with Crippen LogP contribution in [0.5, 0.6) is 0 Å². The third-order valence-electron chi connectivity index (χ3n) is 1.81. The molecule has 0 saturated heterocycles. The fourth-order valence-electron chi connectivity index (χ4n) is 1.11. The molecule has 0 bridgehead atoms. The predicted molar refractivity (Wildman–Crippen MR) is 64.7 cm³/mol. The number of hydrogen-bond acceptors (Lipinski definition) is 2. The molecular formula is C9H6Br2F3N3Ni. The Morgan fingerprint density at radius 3 is 2.28 bits per heavy atom. The van der Waals surface area contributed by atoms with E-state index >= 15 is 0 Å². The van der Waals surface area contributed by atoms with Crippen molar-refractivity contribution < 1.29 is 24.1 Å². The van der Waals surface area contributed by atoms with E-state index in [0.717, 1.165) is 6.07 Å². The van der Waals surface area contributed by atoms with E-state index in [-0.39, 0.29) is 5.69 Å². The van der Waals surface area contributed by atoms with Crippen molar-refractivity contribution in [3.63, 3.8) is 0 Å². The molecule has 102 valence electrons. The standard InChI is InChI=1S/C9H6F3N3.2BrH.Ni/c10-9(11,12)8-5-7(14-15-8)6-3-1-2-4-13-6;;;/h1-5H,(H,14,15);2*1H;/q;;;+2/p-2. The fraction of sp³-hybridized carbons (Fsp3) is 0.111. The zero-order valence-electron chi connectivity index (χ0n) is 8.49. The number of pyridine rings is 1. The average molecular weight is 432 g/mol. The van der Waals surface area contributed by atoms with E-state index in [1.807, 2.05) is 5.10 Å². The zero-order valence-corrected chi connectivity index (χ0v) is 12.6. The van der Waals surface area contributed by atoms with E-state index in [1.54, 1.807) is 18.2 Å². The quantitative estimate of drug-likeness (QED) is 0.688. The first-order chi connectivity index (χ1) is 8.49. The van der Waals surface area contributed by atoms with Gasteiger partial charge in [0.15, 0.2) is 0 Å². The van der Waals surface area contributed by atoms with Crippen LogP contribution in [0.15, 0.2) is 30.5 Å². The van der Waals surface area contributed by atoms with E-state index in [1.165, 1.54) is 17.1 Å². The molecule has 0 aliphatic rings. The van der Waals surface area contributed by atoms with E-state index in [2.05, 4.69) is 38.5 Å². The van der Waals surface area contributed by atoms with Crippen LogP contribution in [0.25, 0.3) is 11.4 Å². The Hall–Kier alpha value is -0.396. The van der Waals surface area contributed by atoms with Crippen LogP contribution in [0.1, 0.15) is 5.69 Å². The monoisotopic (exact) mass is 429 g/mol. The van der Waals surface area contributed by atoms with Crippen LogP contribution < -0.4 is 0 Å². The fourth-order valence-corrected chi connectivity index (χ4v) is 1.11. The Balaban J connectivity index is 0.000000492. The third-order valence-corrected chi connectivity index (χ3v) is 1.81. The second-order valence-corrected chi connectivity index (χ2v) is 7.91. The molecule has 0 atom stereocenters. The van der Waals surface area contributed by atoms with Crippen molar-refractivity contribution in [1.29, 1.82) is 0 Å². The molecule has 0 unspecified atom stereocenters. The molecule has 0 spiro atoms. The summed E-state index contributed by atoms with van der Waals surface area (Å²) in [4.78, 5) is 3.89. The van der Waals surface area contributed by atoms with Crippen molar-refractivity contribution in [2.45, 2.75) is 6.18 Å². The number of hydrogen-bond donors (Lipinski definition) is 1. The molecule has 2 aromatic heterocycles. The molecule has 18 heavy (non-hydrogen) atoms. The van der Waals surface area contributed by atoms with Gasteiger partial charge in [0.25, 0.3) is 0 Å². The summed E-state index contributed by atoms with van der Waals surface area (Å²) in [6, 6.07) is 5.89. The summed E-state index contributed by atoms with van der Waals surface area (Å²) in [5.74, 6) is 0. The molecule has 0 aliphatic carbocycles. The van der Waals surface area contributed by atoms with Crippen LogP contribution in [-0.2, 0) is 17.1 Å². The number of nitrogens with zero attached hydrogens (tertiary/aromatic N) is 2. The molecule has 0 fully saturated rings. The first kappa shape index (κ1) is 15.7. The molecule has 0 saturated carbocycles. The van der Waals surface area contributed by atoms with Crippen LogP contribution in [-0.4, -0.2) is 15.2 Å². The minimum atomic E-state index is -4.40. The van der Waals surface area contributed by atoms with Crippen molar-refractivity contribution in [1.82, 2.24) is 15.2 Å². The molecule has 1 N–H and O–H groups in total. The summed E-state index contributed by atoms with van der Waals surface area (Å²) in [7, 11) is 1.25. The molecule has 0 aliphatic heterocycles. The Labute approximate surface area is 121 Å². The van der Waals surface area contributed by atoms with Crippen molar-refractivity contribution in [3.8, 4) is 11.4 Å². The molecule has 0 radical (unpaired) electrons. The summed E-state index contributed by atoms with van der Waals surface area (Å²) in [6.45, 7) is 0. The molecular weight excluding hydrogens is 426 g/mol. The summed E-state index contributed by atoms with van der Waals surface area (Å²) < 4.78 is 36.7. The van der Waals surface area contributed by atoms with Gasteiger partial charge in [0, 0.05) is 6.20 Å². The summed E-state index contributed by atoms with van der Waals surface area (Å²) in [5, 5.41) is 5.47. The first-order valence-electron chi connectivity index (χ1n) is 4.35. The van der Waals surface area contributed by atoms with Gasteiger partial charge in [-0.3, -0.25) is 10.1 Å². The topological polar surface area (TPSA) is 41.6 Å². The van der Waals surface area contributed by atoms with Crippen LogP contribution >= 0.6 is 28.5 Å². The molecule has 3 nitrogen and oxygen atoms in total. The van der Waals surface area contributed by atoms with Crippen molar-refractivity contribution in [2.24, 2.45) is 0 Å². The first-order valence-corrected chi connectivity index (χ1v) is 9.23. The van der Waals surface area contributed by atoms with Gasteiger partial charge in [-0.15, -0.1) is 0 Å². The van der Waals surface area contributed by atoms with Crippen molar-refractivity contribution in [3.05, 3.63) is 36.2 Å². The van der Waals surface area contributed by atoms with Crippen LogP contribution in [0.3, 0.4) is 0 Å². The van der Waals surface area contributed by atoms with Gasteiger partial charge in [-0.25, -0.2) is 0 Å². The second-order valence-electron chi connectivity index (χ2n) is 2.92. The normalized spacial score (nSPS) is 10.9. The molecule has 0 aromatic carbocycles. The Kier molecular flexibility index (Phi) is 6.31. The number of nitrogens with one attached hydrogen (secondary N) is 1. The molecule has 0 amide bonds. The minimum absolute atomic E-state index is 0.183. The van der Waals surface area contributed by atoms with E-state index in [9.17, 15) is 13.2 Å². The number of aromatic amines is 1. The predicted octanol–water partition coefficient (Wildman–Crippen LogP) is 4.18. The zero-order chi connectivity index (χ0) is 13.6. The summed E-state index contributed by atoms with van der Waals surface area (Å²) in [6.07, 6.45) is -2.91. The Morgan fingerprint density at radius 2 is 1.83 bits per heavy atom. The van der Waals surface area contributed by atoms with E-state index in [0.29, 0.717) is 5.69 Å². The maximum absolute atomic E-state index is 12.2. The summed E-state index contributed by atoms with van der Waals surface area (Å²) >= 11 is 6.00. The van der Waals surface area contributed by atoms with Crippen molar-refractivity contribution >= 4 is 28.5 Å². The van der Waals surface area contributed by atoms with Gasteiger partial charge in [0.1, 0.15) is 11.4 Å². The van der Waals surface area contributed by atoms with Crippen LogP contribution in [0.4, 0.5) is 13.2 Å². The van der Waals surface area contributed by atoms with Crippen LogP contribution in [0, 0.1) is 0 Å². The average Bonchev–Trinajstić information content (AvgIpc) is 2.80. The molecule has 2 aromatic rings. The number of H-pyrrole nitrogens is 1. The van der Waals surface area contributed by atoms with Gasteiger partial charge in [-0.05, 0) is 18.2 Å². The van der Waals surface area contributed by atoms with Gasteiger partial charge in [0.2, 0.25) is 0 Å². The molecule has 9 heteroatoms.